The van der Waals surface area contributed by atoms with Crippen molar-refractivity contribution in [2.24, 2.45) is 7.05 Å². The molecule has 0 bridgehead atoms. The molecule has 7 heteroatoms. The van der Waals surface area contributed by atoms with Gasteiger partial charge in [0, 0.05) is 26.4 Å². The maximum atomic E-state index is 13.1. The molecule has 0 unspecified atom stereocenters. The van der Waals surface area contributed by atoms with E-state index >= 15 is 0 Å². The van der Waals surface area contributed by atoms with Crippen molar-refractivity contribution in [2.75, 3.05) is 17.7 Å². The summed E-state index contributed by atoms with van der Waals surface area (Å²) >= 11 is 0. The van der Waals surface area contributed by atoms with Crippen molar-refractivity contribution in [3.8, 4) is 0 Å². The first-order valence-corrected chi connectivity index (χ1v) is 5.24. The second-order valence-electron chi connectivity index (χ2n) is 3.63. The fourth-order valence-electron chi connectivity index (χ4n) is 1.48. The van der Waals surface area contributed by atoms with Crippen molar-refractivity contribution in [1.82, 2.24) is 14.8 Å². The zero-order valence-corrected chi connectivity index (χ0v) is 9.94. The number of rotatable bonds is 3. The molecule has 0 spiro atoms. The number of pyridine rings is 1. The predicted octanol–water partition coefficient (Wildman–Crippen LogP) is 1.25. The van der Waals surface area contributed by atoms with Gasteiger partial charge in [0.05, 0.1) is 11.8 Å². The number of hydrogen-bond acceptors (Lipinski definition) is 4. The molecule has 2 N–H and O–H groups in total. The molecule has 0 aliphatic rings. The summed E-state index contributed by atoms with van der Waals surface area (Å²) in [6, 6.07) is 2.76. The molecule has 0 aliphatic heterocycles. The maximum Gasteiger partial charge on any atom is 0.260 e. The Balaban J connectivity index is 2.25. The topological polar surface area (TPSA) is 71.8 Å². The van der Waals surface area contributed by atoms with Gasteiger partial charge in [0.25, 0.3) is 5.91 Å². The predicted molar refractivity (Wildman–Crippen MR) is 64.9 cm³/mol. The lowest BCUT2D eigenvalue weighted by Crippen LogP contribution is -2.15. The first kappa shape index (κ1) is 12.0. The zero-order valence-electron chi connectivity index (χ0n) is 9.94. The highest BCUT2D eigenvalue weighted by Gasteiger charge is 2.14. The molecule has 0 radical (unpaired) electrons. The van der Waals surface area contributed by atoms with Crippen LogP contribution < -0.4 is 10.6 Å². The maximum absolute atomic E-state index is 13.1. The van der Waals surface area contributed by atoms with Crippen molar-refractivity contribution in [2.45, 2.75) is 0 Å². The SMILES string of the molecule is CNc1ncc(F)cc1C(=O)Nc1ccn(C)n1. The third-order valence-corrected chi connectivity index (χ3v) is 2.29. The van der Waals surface area contributed by atoms with Gasteiger partial charge in [0.15, 0.2) is 5.82 Å². The lowest BCUT2D eigenvalue weighted by atomic mass is 10.2. The molecule has 2 heterocycles. The van der Waals surface area contributed by atoms with Crippen LogP contribution in [0.25, 0.3) is 0 Å². The fourth-order valence-corrected chi connectivity index (χ4v) is 1.48. The molecule has 0 fully saturated rings. The van der Waals surface area contributed by atoms with Crippen LogP contribution in [0.1, 0.15) is 10.4 Å². The van der Waals surface area contributed by atoms with E-state index < -0.39 is 11.7 Å². The standard InChI is InChI=1S/C11H12FN5O/c1-13-10-8(5-7(12)6-14-10)11(18)15-9-3-4-17(2)16-9/h3-6H,1-2H3,(H,13,14)(H,15,16,18). The van der Waals surface area contributed by atoms with Crippen LogP contribution in [-0.4, -0.2) is 27.7 Å². The number of aromatic nitrogens is 3. The lowest BCUT2D eigenvalue weighted by molar-refractivity contribution is 0.102. The van der Waals surface area contributed by atoms with Gasteiger partial charge in [-0.1, -0.05) is 0 Å². The second kappa shape index (κ2) is 4.82. The van der Waals surface area contributed by atoms with Gasteiger partial charge >= 0.3 is 0 Å². The van der Waals surface area contributed by atoms with Gasteiger partial charge < -0.3 is 10.6 Å². The van der Waals surface area contributed by atoms with Crippen molar-refractivity contribution in [1.29, 1.82) is 0 Å². The number of carbonyl (C=O) groups is 1. The van der Waals surface area contributed by atoms with Gasteiger partial charge in [-0.25, -0.2) is 9.37 Å². The molecule has 2 aromatic heterocycles. The Labute approximate surface area is 103 Å². The smallest absolute Gasteiger partial charge is 0.260 e. The fraction of sp³-hybridized carbons (Fsp3) is 0.182. The summed E-state index contributed by atoms with van der Waals surface area (Å²) < 4.78 is 14.7. The van der Waals surface area contributed by atoms with Crippen molar-refractivity contribution in [3.63, 3.8) is 0 Å². The summed E-state index contributed by atoms with van der Waals surface area (Å²) in [7, 11) is 3.34. The normalized spacial score (nSPS) is 10.2. The quantitative estimate of drug-likeness (QED) is 0.858. The van der Waals surface area contributed by atoms with Crippen molar-refractivity contribution >= 4 is 17.5 Å². The summed E-state index contributed by atoms with van der Waals surface area (Å²) in [4.78, 5) is 15.7. The van der Waals surface area contributed by atoms with Crippen molar-refractivity contribution in [3.05, 3.63) is 35.9 Å². The molecule has 2 rings (SSSR count). The summed E-state index contributed by atoms with van der Waals surface area (Å²) in [6.07, 6.45) is 2.74. The van der Waals surface area contributed by atoms with E-state index in [2.05, 4.69) is 20.7 Å². The van der Waals surface area contributed by atoms with Gasteiger partial charge in [0.2, 0.25) is 0 Å². The first-order valence-electron chi connectivity index (χ1n) is 5.24. The Kier molecular flexibility index (Phi) is 3.22. The Morgan fingerprint density at radius 1 is 1.50 bits per heavy atom. The van der Waals surface area contributed by atoms with Crippen LogP contribution in [0.15, 0.2) is 24.5 Å². The van der Waals surface area contributed by atoms with Crippen LogP contribution in [0, 0.1) is 5.82 Å². The molecule has 0 saturated heterocycles. The van der Waals surface area contributed by atoms with Gasteiger partial charge in [0.1, 0.15) is 11.6 Å². The van der Waals surface area contributed by atoms with E-state index in [0.29, 0.717) is 11.6 Å². The molecule has 0 atom stereocenters. The highest BCUT2D eigenvalue weighted by molar-refractivity contribution is 6.06. The summed E-state index contributed by atoms with van der Waals surface area (Å²) in [5, 5.41) is 9.30. The van der Waals surface area contributed by atoms with Crippen LogP contribution >= 0.6 is 0 Å². The minimum absolute atomic E-state index is 0.128. The van der Waals surface area contributed by atoms with Gasteiger partial charge in [-0.15, -0.1) is 0 Å². The summed E-state index contributed by atoms with van der Waals surface area (Å²) in [5.41, 5.74) is 0.128. The minimum Gasteiger partial charge on any atom is -0.372 e. The molecule has 0 saturated carbocycles. The van der Waals surface area contributed by atoms with Crippen LogP contribution in [0.4, 0.5) is 16.0 Å². The number of nitrogens with zero attached hydrogens (tertiary/aromatic N) is 3. The molecule has 94 valence electrons. The molecule has 6 nitrogen and oxygen atoms in total. The number of aryl methyl sites for hydroxylation is 1. The second-order valence-corrected chi connectivity index (χ2v) is 3.63. The van der Waals surface area contributed by atoms with Crippen LogP contribution in [-0.2, 0) is 7.05 Å². The van der Waals surface area contributed by atoms with E-state index in [-0.39, 0.29) is 5.56 Å². The minimum atomic E-state index is -0.569. The summed E-state index contributed by atoms with van der Waals surface area (Å²) in [6.45, 7) is 0. The molecule has 0 aromatic carbocycles. The molecule has 18 heavy (non-hydrogen) atoms. The average molecular weight is 249 g/mol. The number of nitrogens with one attached hydrogen (secondary N) is 2. The Hall–Kier alpha value is -2.44. The summed E-state index contributed by atoms with van der Waals surface area (Å²) in [5.74, 6) is -0.330. The molecule has 2 aromatic rings. The number of halogens is 1. The third kappa shape index (κ3) is 2.45. The number of hydrogen-bond donors (Lipinski definition) is 2. The van der Waals surface area contributed by atoms with Crippen LogP contribution in [0.3, 0.4) is 0 Å². The monoisotopic (exact) mass is 249 g/mol. The highest BCUT2D eigenvalue weighted by atomic mass is 19.1. The number of carbonyl (C=O) groups excluding carboxylic acids is 1. The van der Waals surface area contributed by atoms with Gasteiger partial charge in [-0.3, -0.25) is 9.48 Å². The molecular formula is C11H12FN5O. The number of anilines is 2. The zero-order chi connectivity index (χ0) is 13.1. The van der Waals surface area contributed by atoms with Crippen LogP contribution in [0.5, 0.6) is 0 Å². The van der Waals surface area contributed by atoms with Gasteiger partial charge in [-0.2, -0.15) is 5.10 Å². The Morgan fingerprint density at radius 2 is 2.28 bits per heavy atom. The highest BCUT2D eigenvalue weighted by Crippen LogP contribution is 2.14. The van der Waals surface area contributed by atoms with E-state index in [1.54, 1.807) is 31.0 Å². The number of amides is 1. The van der Waals surface area contributed by atoms with Crippen LogP contribution in [0.2, 0.25) is 0 Å². The molecule has 0 aliphatic carbocycles. The van der Waals surface area contributed by atoms with Gasteiger partial charge in [-0.05, 0) is 6.07 Å². The van der Waals surface area contributed by atoms with E-state index in [0.717, 1.165) is 12.3 Å². The van der Waals surface area contributed by atoms with E-state index in [4.69, 9.17) is 0 Å². The average Bonchev–Trinajstić information content (AvgIpc) is 2.74. The van der Waals surface area contributed by atoms with E-state index in [1.165, 1.54) is 0 Å². The van der Waals surface area contributed by atoms with E-state index in [9.17, 15) is 9.18 Å². The molecule has 1 amide bonds. The lowest BCUT2D eigenvalue weighted by Gasteiger charge is -2.07. The van der Waals surface area contributed by atoms with Crippen molar-refractivity contribution < 1.29 is 9.18 Å². The largest absolute Gasteiger partial charge is 0.372 e. The Bertz CT molecular complexity index is 581. The third-order valence-electron chi connectivity index (χ3n) is 2.29. The first-order chi connectivity index (χ1) is 8.60. The van der Waals surface area contributed by atoms with E-state index in [1.807, 2.05) is 0 Å². The Morgan fingerprint density at radius 3 is 2.89 bits per heavy atom. The molecular weight excluding hydrogens is 237 g/mol.